The number of imidazole rings is 1. The third-order valence-corrected chi connectivity index (χ3v) is 7.59. The van der Waals surface area contributed by atoms with E-state index < -0.39 is 0 Å². The minimum Gasteiger partial charge on any atom is -0.379 e. The number of rotatable bonds is 6. The standard InChI is InChI=1S/C22H37N5O2/c1-3-25-8-6-18-13-19(27-9-11-29-12-10-27)5-7-22(18,16-25)21(28)24-15-20-14-23-17-26(20)4-2/h14,17-19H,3-13,15-16H2,1-2H3,(H,24,28)/t18-,19+,22-/m1/s1. The van der Waals surface area contributed by atoms with E-state index in [9.17, 15) is 4.79 Å². The first-order valence-corrected chi connectivity index (χ1v) is 11.5. The zero-order valence-corrected chi connectivity index (χ0v) is 18.1. The molecule has 29 heavy (non-hydrogen) atoms. The number of aryl methyl sites for hydroxylation is 1. The van der Waals surface area contributed by atoms with Crippen LogP contribution in [0.15, 0.2) is 12.5 Å². The van der Waals surface area contributed by atoms with E-state index >= 15 is 0 Å². The van der Waals surface area contributed by atoms with Gasteiger partial charge in [0.2, 0.25) is 5.91 Å². The second-order valence-electron chi connectivity index (χ2n) is 8.94. The molecule has 2 saturated heterocycles. The maximum atomic E-state index is 13.6. The summed E-state index contributed by atoms with van der Waals surface area (Å²) < 4.78 is 7.65. The Kier molecular flexibility index (Phi) is 6.56. The molecule has 3 aliphatic rings. The van der Waals surface area contributed by atoms with Crippen molar-refractivity contribution in [3.8, 4) is 0 Å². The third kappa shape index (κ3) is 4.23. The van der Waals surface area contributed by atoms with Crippen LogP contribution in [0.4, 0.5) is 0 Å². The Bertz CT molecular complexity index is 686. The Hall–Kier alpha value is -1.44. The van der Waals surface area contributed by atoms with Gasteiger partial charge in [-0.3, -0.25) is 9.69 Å². The number of carbonyl (C=O) groups is 1. The first-order chi connectivity index (χ1) is 14.2. The van der Waals surface area contributed by atoms with Crippen molar-refractivity contribution in [2.75, 3.05) is 45.9 Å². The molecule has 7 nitrogen and oxygen atoms in total. The largest absolute Gasteiger partial charge is 0.379 e. The molecule has 2 aliphatic heterocycles. The molecule has 1 amide bonds. The second kappa shape index (κ2) is 9.14. The molecule has 162 valence electrons. The van der Waals surface area contributed by atoms with Gasteiger partial charge in [0.1, 0.15) is 0 Å². The summed E-state index contributed by atoms with van der Waals surface area (Å²) in [6, 6.07) is 0.611. The monoisotopic (exact) mass is 403 g/mol. The predicted molar refractivity (Wildman–Crippen MR) is 112 cm³/mol. The first kappa shape index (κ1) is 20.8. The first-order valence-electron chi connectivity index (χ1n) is 11.5. The van der Waals surface area contributed by atoms with Crippen LogP contribution in [-0.2, 0) is 22.6 Å². The highest BCUT2D eigenvalue weighted by Crippen LogP contribution is 2.47. The molecular weight excluding hydrogens is 366 g/mol. The molecule has 1 N–H and O–H groups in total. The van der Waals surface area contributed by atoms with Gasteiger partial charge in [-0.2, -0.15) is 0 Å². The molecule has 1 aromatic heterocycles. The summed E-state index contributed by atoms with van der Waals surface area (Å²) in [6.45, 7) is 12.6. The van der Waals surface area contributed by atoms with Crippen LogP contribution < -0.4 is 5.32 Å². The van der Waals surface area contributed by atoms with Gasteiger partial charge in [0, 0.05) is 38.4 Å². The molecule has 1 aliphatic carbocycles. The zero-order chi connectivity index (χ0) is 20.3. The second-order valence-corrected chi connectivity index (χ2v) is 8.94. The van der Waals surface area contributed by atoms with Crippen LogP contribution in [0.1, 0.15) is 45.2 Å². The minimum absolute atomic E-state index is 0.242. The number of fused-ring (bicyclic) bond motifs is 1. The summed E-state index contributed by atoms with van der Waals surface area (Å²) in [4.78, 5) is 22.9. The van der Waals surface area contributed by atoms with Crippen LogP contribution in [-0.4, -0.2) is 77.2 Å². The van der Waals surface area contributed by atoms with Crippen LogP contribution in [0, 0.1) is 11.3 Å². The molecule has 3 fully saturated rings. The lowest BCUT2D eigenvalue weighted by Gasteiger charge is -2.53. The molecule has 1 saturated carbocycles. The molecule has 7 heteroatoms. The SMILES string of the molecule is CCN1CC[C@@H]2C[C@@H](N3CCOCC3)CC[C@@]2(C(=O)NCc2cncn2CC)C1. The molecule has 0 unspecified atom stereocenters. The number of piperidine rings is 1. The van der Waals surface area contributed by atoms with Crippen LogP contribution in [0.25, 0.3) is 0 Å². The average molecular weight is 404 g/mol. The van der Waals surface area contributed by atoms with Gasteiger partial charge in [-0.25, -0.2) is 4.98 Å². The van der Waals surface area contributed by atoms with Crippen molar-refractivity contribution in [3.63, 3.8) is 0 Å². The molecule has 4 rings (SSSR count). The smallest absolute Gasteiger partial charge is 0.228 e. The summed E-state index contributed by atoms with van der Waals surface area (Å²) in [5.41, 5.74) is 0.840. The van der Waals surface area contributed by atoms with Crippen molar-refractivity contribution >= 4 is 5.91 Å². The van der Waals surface area contributed by atoms with Crippen LogP contribution in [0.2, 0.25) is 0 Å². The predicted octanol–water partition coefficient (Wildman–Crippen LogP) is 1.73. The van der Waals surface area contributed by atoms with Crippen molar-refractivity contribution in [1.29, 1.82) is 0 Å². The minimum atomic E-state index is -0.242. The van der Waals surface area contributed by atoms with Crippen LogP contribution in [0.5, 0.6) is 0 Å². The fourth-order valence-electron chi connectivity index (χ4n) is 5.76. The fraction of sp³-hybridized carbons (Fsp3) is 0.818. The van der Waals surface area contributed by atoms with Crippen LogP contribution in [0.3, 0.4) is 0 Å². The van der Waals surface area contributed by atoms with Crippen molar-refractivity contribution in [2.24, 2.45) is 11.3 Å². The number of likely N-dealkylation sites (tertiary alicyclic amines) is 1. The molecular formula is C22H37N5O2. The van der Waals surface area contributed by atoms with Gasteiger partial charge in [0.25, 0.3) is 0 Å². The maximum Gasteiger partial charge on any atom is 0.228 e. The van der Waals surface area contributed by atoms with Gasteiger partial charge in [0.05, 0.1) is 37.2 Å². The molecule has 0 radical (unpaired) electrons. The van der Waals surface area contributed by atoms with Crippen molar-refractivity contribution in [2.45, 2.75) is 58.7 Å². The van der Waals surface area contributed by atoms with Gasteiger partial charge in [0.15, 0.2) is 0 Å². The van der Waals surface area contributed by atoms with Crippen molar-refractivity contribution < 1.29 is 9.53 Å². The number of morpholine rings is 1. The Labute approximate surface area is 174 Å². The number of nitrogens with zero attached hydrogens (tertiary/aromatic N) is 4. The van der Waals surface area contributed by atoms with E-state index in [1.54, 1.807) is 0 Å². The summed E-state index contributed by atoms with van der Waals surface area (Å²) in [5, 5.41) is 3.30. The summed E-state index contributed by atoms with van der Waals surface area (Å²) in [7, 11) is 0. The Morgan fingerprint density at radius 3 is 2.83 bits per heavy atom. The zero-order valence-electron chi connectivity index (χ0n) is 18.1. The summed E-state index contributed by atoms with van der Waals surface area (Å²) in [5.74, 6) is 0.730. The van der Waals surface area contributed by atoms with Gasteiger partial charge in [-0.1, -0.05) is 6.92 Å². The number of ether oxygens (including phenoxy) is 1. The Morgan fingerprint density at radius 1 is 1.24 bits per heavy atom. The average Bonchev–Trinajstić information content (AvgIpc) is 3.24. The lowest BCUT2D eigenvalue weighted by molar-refractivity contribution is -0.145. The fourth-order valence-corrected chi connectivity index (χ4v) is 5.76. The quantitative estimate of drug-likeness (QED) is 0.784. The Morgan fingerprint density at radius 2 is 2.07 bits per heavy atom. The highest BCUT2D eigenvalue weighted by Gasteiger charge is 2.52. The summed E-state index contributed by atoms with van der Waals surface area (Å²) in [6.07, 6.45) is 8.11. The van der Waals surface area contributed by atoms with Crippen LogP contribution >= 0.6 is 0 Å². The van der Waals surface area contributed by atoms with E-state index in [-0.39, 0.29) is 11.3 Å². The lowest BCUT2D eigenvalue weighted by atomic mass is 9.61. The highest BCUT2D eigenvalue weighted by atomic mass is 16.5. The summed E-state index contributed by atoms with van der Waals surface area (Å²) >= 11 is 0. The molecule has 0 spiro atoms. The Balaban J connectivity index is 1.46. The molecule has 1 aromatic rings. The molecule has 0 bridgehead atoms. The molecule has 3 atom stereocenters. The topological polar surface area (TPSA) is 62.6 Å². The normalized spacial score (nSPS) is 31.4. The molecule has 3 heterocycles. The van der Waals surface area contributed by atoms with E-state index in [1.165, 1.54) is 0 Å². The number of nitrogens with one attached hydrogen (secondary N) is 1. The number of amides is 1. The van der Waals surface area contributed by atoms with Gasteiger partial charge in [-0.05, 0) is 51.6 Å². The van der Waals surface area contributed by atoms with Crippen molar-refractivity contribution in [3.05, 3.63) is 18.2 Å². The van der Waals surface area contributed by atoms with Crippen molar-refractivity contribution in [1.82, 2.24) is 24.7 Å². The van der Waals surface area contributed by atoms with E-state index in [4.69, 9.17) is 4.74 Å². The van der Waals surface area contributed by atoms with E-state index in [0.717, 1.165) is 83.9 Å². The van der Waals surface area contributed by atoms with Gasteiger partial charge < -0.3 is 19.5 Å². The number of carbonyl (C=O) groups excluding carboxylic acids is 1. The molecule has 0 aromatic carbocycles. The number of hydrogen-bond donors (Lipinski definition) is 1. The third-order valence-electron chi connectivity index (χ3n) is 7.59. The lowest BCUT2D eigenvalue weighted by Crippen LogP contribution is -2.60. The highest BCUT2D eigenvalue weighted by molar-refractivity contribution is 5.83. The van der Waals surface area contributed by atoms with E-state index in [2.05, 4.69) is 38.5 Å². The van der Waals surface area contributed by atoms with Gasteiger partial charge in [-0.15, -0.1) is 0 Å². The number of aromatic nitrogens is 2. The van der Waals surface area contributed by atoms with E-state index in [1.807, 2.05) is 12.5 Å². The van der Waals surface area contributed by atoms with Gasteiger partial charge >= 0.3 is 0 Å². The maximum absolute atomic E-state index is 13.6. The van der Waals surface area contributed by atoms with E-state index in [0.29, 0.717) is 18.5 Å². The number of hydrogen-bond acceptors (Lipinski definition) is 5.